The molecule has 1 aromatic heterocycles. The Labute approximate surface area is 168 Å². The van der Waals surface area contributed by atoms with Gasteiger partial charge in [0.15, 0.2) is 0 Å². The number of anilines is 1. The van der Waals surface area contributed by atoms with Gasteiger partial charge in [-0.15, -0.1) is 0 Å². The molecule has 29 heavy (non-hydrogen) atoms. The third kappa shape index (κ3) is 3.30. The number of ether oxygens (including phenoxy) is 1. The van der Waals surface area contributed by atoms with Crippen LogP contribution in [0.5, 0.6) is 5.75 Å². The number of carbonyl (C=O) groups is 1. The van der Waals surface area contributed by atoms with Crippen molar-refractivity contribution in [2.24, 2.45) is 0 Å². The van der Waals surface area contributed by atoms with E-state index in [0.717, 1.165) is 0 Å². The third-order valence-electron chi connectivity index (χ3n) is 4.60. The van der Waals surface area contributed by atoms with Crippen molar-refractivity contribution in [2.45, 2.75) is 16.7 Å². The molecule has 146 valence electrons. The maximum absolute atomic E-state index is 13.7. The van der Waals surface area contributed by atoms with Gasteiger partial charge in [-0.1, -0.05) is 36.4 Å². The lowest BCUT2D eigenvalue weighted by atomic mass is 10.1. The molecule has 0 fully saturated rings. The first-order chi connectivity index (χ1) is 13.9. The fourth-order valence-corrected chi connectivity index (χ4v) is 5.03. The topological polar surface area (TPSA) is 85.4 Å². The van der Waals surface area contributed by atoms with Crippen LogP contribution in [0.2, 0.25) is 0 Å². The van der Waals surface area contributed by atoms with Gasteiger partial charge in [-0.2, -0.15) is 0 Å². The zero-order valence-electron chi connectivity index (χ0n) is 15.8. The van der Waals surface area contributed by atoms with E-state index in [-0.39, 0.29) is 15.7 Å². The number of benzene rings is 3. The molecule has 1 N–H and O–H groups in total. The van der Waals surface area contributed by atoms with Crippen molar-refractivity contribution in [1.82, 2.24) is 4.98 Å². The molecule has 0 radical (unpaired) electrons. The number of aromatic nitrogens is 1. The number of para-hydroxylation sites is 2. The average molecular weight is 406 g/mol. The quantitative estimate of drug-likeness (QED) is 0.514. The molecule has 0 spiro atoms. The average Bonchev–Trinajstić information content (AvgIpc) is 2.71. The van der Waals surface area contributed by atoms with Crippen molar-refractivity contribution in [3.63, 3.8) is 0 Å². The lowest BCUT2D eigenvalue weighted by Gasteiger charge is -2.14. The molecule has 1 heterocycles. The number of hydrogen-bond donors (Lipinski definition) is 1. The first-order valence-corrected chi connectivity index (χ1v) is 10.4. The fraction of sp³-hybridized carbons (Fsp3) is 0.0909. The van der Waals surface area contributed by atoms with Gasteiger partial charge in [0.25, 0.3) is 0 Å². The lowest BCUT2D eigenvalue weighted by Crippen LogP contribution is -2.10. The molecule has 3 aromatic carbocycles. The van der Waals surface area contributed by atoms with E-state index in [1.165, 1.54) is 32.2 Å². The summed E-state index contributed by atoms with van der Waals surface area (Å²) in [6.07, 6.45) is 0. The molecule has 0 saturated carbocycles. The Morgan fingerprint density at radius 1 is 0.931 bits per heavy atom. The molecule has 0 unspecified atom stereocenters. The van der Waals surface area contributed by atoms with Crippen molar-refractivity contribution in [2.75, 3.05) is 12.4 Å². The number of rotatable bonds is 4. The minimum absolute atomic E-state index is 0.0588. The molecule has 0 aliphatic rings. The van der Waals surface area contributed by atoms with Crippen LogP contribution < -0.4 is 10.1 Å². The van der Waals surface area contributed by atoms with E-state index < -0.39 is 9.84 Å². The molecule has 0 atom stereocenters. The first kappa shape index (κ1) is 18.9. The normalized spacial score (nSPS) is 11.5. The van der Waals surface area contributed by atoms with Crippen LogP contribution in [0.15, 0.2) is 76.5 Å². The van der Waals surface area contributed by atoms with Crippen LogP contribution in [0.25, 0.3) is 21.8 Å². The molecular weight excluding hydrogens is 388 g/mol. The van der Waals surface area contributed by atoms with Crippen molar-refractivity contribution < 1.29 is 17.9 Å². The van der Waals surface area contributed by atoms with Crippen LogP contribution in [-0.4, -0.2) is 26.4 Å². The molecule has 0 aliphatic carbocycles. The van der Waals surface area contributed by atoms with Crippen LogP contribution in [-0.2, 0) is 14.6 Å². The highest BCUT2D eigenvalue weighted by Crippen LogP contribution is 2.36. The maximum atomic E-state index is 13.7. The predicted octanol–water partition coefficient (Wildman–Crippen LogP) is 4.19. The number of pyridine rings is 1. The second kappa shape index (κ2) is 7.18. The Hall–Kier alpha value is -3.45. The Morgan fingerprint density at radius 3 is 2.07 bits per heavy atom. The number of nitrogens with zero attached hydrogens (tertiary/aromatic N) is 1. The van der Waals surface area contributed by atoms with E-state index in [1.54, 1.807) is 36.4 Å². The summed E-state index contributed by atoms with van der Waals surface area (Å²) < 4.78 is 32.7. The summed E-state index contributed by atoms with van der Waals surface area (Å²) in [7, 11) is -2.47. The van der Waals surface area contributed by atoms with Crippen LogP contribution in [0, 0.1) is 0 Å². The van der Waals surface area contributed by atoms with Gasteiger partial charge in [0.05, 0.1) is 33.6 Å². The molecule has 0 saturated heterocycles. The summed E-state index contributed by atoms with van der Waals surface area (Å²) in [5.74, 6) is 0.0567. The smallest absolute Gasteiger partial charge is 0.221 e. The number of hydrogen-bond acceptors (Lipinski definition) is 5. The molecular formula is C22H18N2O4S. The monoisotopic (exact) mass is 406 g/mol. The van der Waals surface area contributed by atoms with Gasteiger partial charge < -0.3 is 10.1 Å². The predicted molar refractivity (Wildman–Crippen MR) is 112 cm³/mol. The molecule has 7 heteroatoms. The second-order valence-corrected chi connectivity index (χ2v) is 8.41. The van der Waals surface area contributed by atoms with Gasteiger partial charge in [-0.3, -0.25) is 4.79 Å². The largest absolute Gasteiger partial charge is 0.495 e. The van der Waals surface area contributed by atoms with Crippen LogP contribution in [0.3, 0.4) is 0 Å². The van der Waals surface area contributed by atoms with Crippen LogP contribution in [0.4, 0.5) is 5.69 Å². The number of nitrogens with one attached hydrogen (secondary N) is 1. The minimum Gasteiger partial charge on any atom is -0.495 e. The Kier molecular flexibility index (Phi) is 4.68. The molecule has 1 amide bonds. The summed E-state index contributed by atoms with van der Waals surface area (Å²) in [6, 6.07) is 18.7. The van der Waals surface area contributed by atoms with Gasteiger partial charge in [0.1, 0.15) is 5.75 Å². The first-order valence-electron chi connectivity index (χ1n) is 8.90. The van der Waals surface area contributed by atoms with Crippen LogP contribution >= 0.6 is 0 Å². The van der Waals surface area contributed by atoms with Gasteiger partial charge in [-0.05, 0) is 30.3 Å². The number of sulfone groups is 1. The maximum Gasteiger partial charge on any atom is 0.221 e. The van der Waals surface area contributed by atoms with E-state index in [4.69, 9.17) is 4.74 Å². The highest BCUT2D eigenvalue weighted by atomic mass is 32.2. The van der Waals surface area contributed by atoms with Gasteiger partial charge in [0, 0.05) is 17.7 Å². The zero-order valence-corrected chi connectivity index (χ0v) is 16.7. The number of carbonyl (C=O) groups excluding carboxylic acids is 1. The highest BCUT2D eigenvalue weighted by Gasteiger charge is 2.25. The van der Waals surface area contributed by atoms with Crippen molar-refractivity contribution in [3.8, 4) is 5.75 Å². The minimum atomic E-state index is -3.92. The Morgan fingerprint density at radius 2 is 1.52 bits per heavy atom. The Bertz CT molecular complexity index is 1310. The number of methoxy groups -OCH3 is 1. The third-order valence-corrected chi connectivity index (χ3v) is 6.45. The molecule has 0 bridgehead atoms. The van der Waals surface area contributed by atoms with E-state index in [2.05, 4.69) is 10.3 Å². The molecule has 0 aliphatic heterocycles. The van der Waals surface area contributed by atoms with Crippen molar-refractivity contribution in [3.05, 3.63) is 66.7 Å². The van der Waals surface area contributed by atoms with Gasteiger partial charge in [-0.25, -0.2) is 13.4 Å². The summed E-state index contributed by atoms with van der Waals surface area (Å²) in [6.45, 7) is 1.35. The van der Waals surface area contributed by atoms with Gasteiger partial charge in [0.2, 0.25) is 15.7 Å². The van der Waals surface area contributed by atoms with Gasteiger partial charge >= 0.3 is 0 Å². The molecule has 6 nitrogen and oxygen atoms in total. The lowest BCUT2D eigenvalue weighted by molar-refractivity contribution is -0.114. The number of fused-ring (bicyclic) bond motifs is 2. The SMILES string of the molecule is COc1ccc(S(=O)(=O)c2c3ccccc3nc3ccccc23)cc1NC(C)=O. The van der Waals surface area contributed by atoms with E-state index >= 15 is 0 Å². The Balaban J connectivity index is 2.03. The van der Waals surface area contributed by atoms with E-state index in [0.29, 0.717) is 33.2 Å². The second-order valence-electron chi connectivity index (χ2n) is 6.52. The van der Waals surface area contributed by atoms with Crippen LogP contribution in [0.1, 0.15) is 6.92 Å². The molecule has 4 aromatic rings. The van der Waals surface area contributed by atoms with Crippen molar-refractivity contribution in [1.29, 1.82) is 0 Å². The summed E-state index contributed by atoms with van der Waals surface area (Å²) >= 11 is 0. The standard InChI is InChI=1S/C22H18N2O4S/c1-14(25)23-20-13-15(11-12-21(20)28-2)29(26,27)22-16-7-3-5-9-18(16)24-19-10-6-4-8-17(19)22/h3-13H,1-2H3,(H,23,25). The zero-order chi connectivity index (χ0) is 20.6. The summed E-state index contributed by atoms with van der Waals surface area (Å²) in [4.78, 5) is 16.4. The summed E-state index contributed by atoms with van der Waals surface area (Å²) in [5.41, 5.74) is 1.49. The fourth-order valence-electron chi connectivity index (χ4n) is 3.35. The van der Waals surface area contributed by atoms with Crippen molar-refractivity contribution >= 4 is 43.2 Å². The van der Waals surface area contributed by atoms with E-state index in [1.807, 2.05) is 12.1 Å². The molecule has 4 rings (SSSR count). The highest BCUT2D eigenvalue weighted by molar-refractivity contribution is 7.92. The van der Waals surface area contributed by atoms with E-state index in [9.17, 15) is 13.2 Å². The summed E-state index contributed by atoms with van der Waals surface area (Å²) in [5, 5.41) is 3.71. The number of amides is 1.